The summed E-state index contributed by atoms with van der Waals surface area (Å²) < 4.78 is 38.1. The third-order valence-corrected chi connectivity index (χ3v) is 4.32. The third kappa shape index (κ3) is 3.32. The number of carbonyl (C=O) groups is 1. The van der Waals surface area contributed by atoms with Gasteiger partial charge in [0, 0.05) is 19.2 Å². The van der Waals surface area contributed by atoms with Crippen LogP contribution in [0.1, 0.15) is 16.7 Å². The first-order valence-corrected chi connectivity index (χ1v) is 7.62. The average molecular weight is 366 g/mol. The summed E-state index contributed by atoms with van der Waals surface area (Å²) in [6.45, 7) is 0.315. The molecule has 1 N–H and O–H groups in total. The monoisotopic (exact) mass is 366 g/mol. The number of hydrogen-bond acceptors (Lipinski definition) is 3. The molecule has 1 aliphatic heterocycles. The average Bonchev–Trinajstić information content (AvgIpc) is 2.59. The zero-order valence-electron chi connectivity index (χ0n) is 13.3. The summed E-state index contributed by atoms with van der Waals surface area (Å²) in [6.07, 6.45) is -5.25. The second-order valence-electron chi connectivity index (χ2n) is 5.92. The highest BCUT2D eigenvalue weighted by Gasteiger charge is 2.31. The lowest BCUT2D eigenvalue weighted by Crippen LogP contribution is -2.34. The minimum atomic E-state index is -4.50. The Morgan fingerprint density at radius 1 is 1.15 bits per heavy atom. The molecule has 0 spiro atoms. The van der Waals surface area contributed by atoms with Crippen molar-refractivity contribution in [3.8, 4) is 11.1 Å². The van der Waals surface area contributed by atoms with E-state index in [-0.39, 0.29) is 29.9 Å². The lowest BCUT2D eigenvalue weighted by molar-refractivity contribution is -0.384. The van der Waals surface area contributed by atoms with E-state index in [4.69, 9.17) is 5.11 Å². The smallest absolute Gasteiger partial charge is 0.416 e. The van der Waals surface area contributed by atoms with Crippen LogP contribution in [0.3, 0.4) is 0 Å². The number of nitrogens with zero attached hydrogens (tertiary/aromatic N) is 2. The molecule has 0 saturated heterocycles. The Kier molecular flexibility index (Phi) is 4.31. The largest absolute Gasteiger partial charge is 0.465 e. The van der Waals surface area contributed by atoms with Crippen molar-refractivity contribution in [2.75, 3.05) is 6.54 Å². The lowest BCUT2D eigenvalue weighted by Gasteiger charge is -2.26. The fraction of sp³-hybridized carbons (Fsp3) is 0.235. The van der Waals surface area contributed by atoms with Gasteiger partial charge in [0.1, 0.15) is 0 Å². The van der Waals surface area contributed by atoms with Gasteiger partial charge in [-0.3, -0.25) is 10.1 Å². The molecule has 0 saturated carbocycles. The van der Waals surface area contributed by atoms with Crippen molar-refractivity contribution in [1.82, 2.24) is 4.90 Å². The number of hydrogen-bond donors (Lipinski definition) is 1. The second-order valence-corrected chi connectivity index (χ2v) is 5.92. The van der Waals surface area contributed by atoms with Crippen LogP contribution in [0.4, 0.5) is 23.7 Å². The van der Waals surface area contributed by atoms with E-state index >= 15 is 0 Å². The Balaban J connectivity index is 2.07. The summed E-state index contributed by atoms with van der Waals surface area (Å²) >= 11 is 0. The number of benzene rings is 2. The van der Waals surface area contributed by atoms with Gasteiger partial charge < -0.3 is 10.0 Å². The van der Waals surface area contributed by atoms with Crippen LogP contribution in [0.25, 0.3) is 11.1 Å². The highest BCUT2D eigenvalue weighted by Crippen LogP contribution is 2.36. The van der Waals surface area contributed by atoms with Gasteiger partial charge in [-0.15, -0.1) is 0 Å². The maximum atomic E-state index is 12.7. The Hall–Kier alpha value is -3.10. The number of amides is 1. The molecule has 0 aromatic heterocycles. The van der Waals surface area contributed by atoms with Crippen molar-refractivity contribution in [1.29, 1.82) is 0 Å². The molecule has 1 aliphatic rings. The van der Waals surface area contributed by atoms with Gasteiger partial charge in [0.2, 0.25) is 0 Å². The number of carboxylic acid groups (broad SMARTS) is 1. The molecule has 26 heavy (non-hydrogen) atoms. The molecule has 1 heterocycles. The van der Waals surface area contributed by atoms with Crippen molar-refractivity contribution in [2.45, 2.75) is 19.1 Å². The summed E-state index contributed by atoms with van der Waals surface area (Å²) in [5.74, 6) is 0. The normalized spacial score (nSPS) is 14.0. The van der Waals surface area contributed by atoms with Gasteiger partial charge in [0.25, 0.3) is 5.69 Å². The number of halogens is 3. The first kappa shape index (κ1) is 17.7. The third-order valence-electron chi connectivity index (χ3n) is 4.32. The predicted octanol–water partition coefficient (Wildman–Crippen LogP) is 4.32. The molecule has 2 aromatic carbocycles. The zero-order valence-corrected chi connectivity index (χ0v) is 13.3. The highest BCUT2D eigenvalue weighted by atomic mass is 19.4. The Morgan fingerprint density at radius 2 is 1.81 bits per heavy atom. The number of rotatable bonds is 2. The van der Waals surface area contributed by atoms with Crippen LogP contribution in [-0.2, 0) is 19.1 Å². The van der Waals surface area contributed by atoms with E-state index in [0.29, 0.717) is 17.5 Å². The second kappa shape index (κ2) is 6.32. The van der Waals surface area contributed by atoms with E-state index in [1.54, 1.807) is 0 Å². The summed E-state index contributed by atoms with van der Waals surface area (Å²) in [4.78, 5) is 23.1. The van der Waals surface area contributed by atoms with Crippen LogP contribution in [0.5, 0.6) is 0 Å². The first-order valence-electron chi connectivity index (χ1n) is 7.62. The molecule has 9 heteroatoms. The molecule has 1 amide bonds. The summed E-state index contributed by atoms with van der Waals surface area (Å²) in [7, 11) is 0. The van der Waals surface area contributed by atoms with Crippen LogP contribution in [0, 0.1) is 10.1 Å². The van der Waals surface area contributed by atoms with Crippen molar-refractivity contribution < 1.29 is 28.0 Å². The van der Waals surface area contributed by atoms with Crippen LogP contribution in [-0.4, -0.2) is 27.6 Å². The van der Waals surface area contributed by atoms with Crippen LogP contribution in [0.15, 0.2) is 36.4 Å². The Labute approximate surface area is 145 Å². The molecular weight excluding hydrogens is 353 g/mol. The van der Waals surface area contributed by atoms with Gasteiger partial charge in [-0.2, -0.15) is 13.2 Å². The van der Waals surface area contributed by atoms with E-state index in [1.165, 1.54) is 29.2 Å². The van der Waals surface area contributed by atoms with Crippen molar-refractivity contribution in [3.05, 3.63) is 63.2 Å². The summed E-state index contributed by atoms with van der Waals surface area (Å²) in [6, 6.07) is 6.95. The molecule has 0 aliphatic carbocycles. The lowest BCUT2D eigenvalue weighted by atomic mass is 9.93. The molecule has 6 nitrogen and oxygen atoms in total. The summed E-state index contributed by atoms with van der Waals surface area (Å²) in [5, 5.41) is 20.5. The van der Waals surface area contributed by atoms with Gasteiger partial charge >= 0.3 is 12.3 Å². The van der Waals surface area contributed by atoms with Gasteiger partial charge in [0.05, 0.1) is 16.1 Å². The number of nitro benzene ring substituents is 1. The van der Waals surface area contributed by atoms with Crippen molar-refractivity contribution in [3.63, 3.8) is 0 Å². The number of nitro groups is 1. The predicted molar refractivity (Wildman–Crippen MR) is 85.7 cm³/mol. The van der Waals surface area contributed by atoms with Gasteiger partial charge in [0.15, 0.2) is 0 Å². The van der Waals surface area contributed by atoms with Crippen LogP contribution < -0.4 is 0 Å². The first-order chi connectivity index (χ1) is 12.2. The van der Waals surface area contributed by atoms with E-state index in [1.807, 2.05) is 0 Å². The minimum absolute atomic E-state index is 0.0797. The summed E-state index contributed by atoms with van der Waals surface area (Å²) in [5.41, 5.74) is 0.643. The molecule has 0 unspecified atom stereocenters. The molecule has 3 rings (SSSR count). The molecule has 0 atom stereocenters. The molecule has 0 bridgehead atoms. The topological polar surface area (TPSA) is 83.7 Å². The fourth-order valence-electron chi connectivity index (χ4n) is 2.98. The fourth-order valence-corrected chi connectivity index (χ4v) is 2.98. The number of alkyl halides is 3. The van der Waals surface area contributed by atoms with E-state index in [2.05, 4.69) is 0 Å². The van der Waals surface area contributed by atoms with E-state index < -0.39 is 22.8 Å². The van der Waals surface area contributed by atoms with Crippen molar-refractivity contribution in [2.24, 2.45) is 0 Å². The van der Waals surface area contributed by atoms with E-state index in [0.717, 1.165) is 12.1 Å². The molecule has 0 fully saturated rings. The SMILES string of the molecule is O=C(O)N1CCc2cc([N+](=O)[O-])c(-c3ccc(C(F)(F)F)cc3)cc2C1. The highest BCUT2D eigenvalue weighted by molar-refractivity contribution is 5.76. The maximum Gasteiger partial charge on any atom is 0.416 e. The van der Waals surface area contributed by atoms with Crippen molar-refractivity contribution >= 4 is 11.8 Å². The zero-order chi connectivity index (χ0) is 19.1. The quantitative estimate of drug-likeness (QED) is 0.634. The number of fused-ring (bicyclic) bond motifs is 1. The minimum Gasteiger partial charge on any atom is -0.465 e. The van der Waals surface area contributed by atoms with Crippen LogP contribution in [0.2, 0.25) is 0 Å². The van der Waals surface area contributed by atoms with Gasteiger partial charge in [-0.05, 0) is 41.3 Å². The van der Waals surface area contributed by atoms with E-state index in [9.17, 15) is 28.1 Å². The molecule has 136 valence electrons. The standard InChI is InChI=1S/C17H13F3N2O4/c18-17(19,20)13-3-1-10(2-4-13)14-7-12-9-21(16(23)24)6-5-11(12)8-15(14)22(25)26/h1-4,7-8H,5-6,9H2,(H,23,24). The van der Waals surface area contributed by atoms with Gasteiger partial charge in [-0.25, -0.2) is 4.79 Å². The maximum absolute atomic E-state index is 12.7. The molecule has 0 radical (unpaired) electrons. The molecular formula is C17H13F3N2O4. The Bertz CT molecular complexity index is 879. The molecule has 2 aromatic rings. The Morgan fingerprint density at radius 3 is 2.35 bits per heavy atom. The van der Waals surface area contributed by atoms with Crippen LogP contribution >= 0.6 is 0 Å². The van der Waals surface area contributed by atoms with Gasteiger partial charge in [-0.1, -0.05) is 12.1 Å².